The standard InChI is InChI=1S/C16H18N6O/c1-10-8-21-9-12(4-5-13(21)18-10)19-16(23)14-11(2)20-22-7-3-6-17-15(14)22/h3,6-8,12H,4-5,9H2,1-2H3,(H,19,23)/t12-/m0/s1. The summed E-state index contributed by atoms with van der Waals surface area (Å²) in [6.45, 7) is 4.59. The van der Waals surface area contributed by atoms with E-state index in [1.54, 1.807) is 23.0 Å². The summed E-state index contributed by atoms with van der Waals surface area (Å²) in [7, 11) is 0. The van der Waals surface area contributed by atoms with Crippen LogP contribution in [0.3, 0.4) is 0 Å². The van der Waals surface area contributed by atoms with Crippen LogP contribution in [-0.4, -0.2) is 36.1 Å². The van der Waals surface area contributed by atoms with E-state index in [1.165, 1.54) is 0 Å². The highest BCUT2D eigenvalue weighted by atomic mass is 16.1. The number of aryl methyl sites for hydroxylation is 3. The molecule has 0 unspecified atom stereocenters. The van der Waals surface area contributed by atoms with E-state index in [4.69, 9.17) is 0 Å². The van der Waals surface area contributed by atoms with Crippen LogP contribution in [0.4, 0.5) is 0 Å². The molecular formula is C16H18N6O. The lowest BCUT2D eigenvalue weighted by Gasteiger charge is -2.24. The van der Waals surface area contributed by atoms with E-state index in [0.29, 0.717) is 16.9 Å². The smallest absolute Gasteiger partial charge is 0.257 e. The van der Waals surface area contributed by atoms with Gasteiger partial charge >= 0.3 is 0 Å². The molecule has 0 bridgehead atoms. The zero-order chi connectivity index (χ0) is 16.0. The maximum Gasteiger partial charge on any atom is 0.257 e. The van der Waals surface area contributed by atoms with Gasteiger partial charge in [-0.1, -0.05) is 0 Å². The van der Waals surface area contributed by atoms with E-state index in [-0.39, 0.29) is 11.9 Å². The number of amides is 1. The lowest BCUT2D eigenvalue weighted by atomic mass is 10.1. The molecule has 4 heterocycles. The number of fused-ring (bicyclic) bond motifs is 2. The molecule has 3 aromatic rings. The maximum atomic E-state index is 12.7. The predicted molar refractivity (Wildman–Crippen MR) is 84.3 cm³/mol. The number of nitrogens with zero attached hydrogens (tertiary/aromatic N) is 5. The van der Waals surface area contributed by atoms with Crippen molar-refractivity contribution in [1.82, 2.24) is 29.5 Å². The molecule has 0 saturated carbocycles. The van der Waals surface area contributed by atoms with Gasteiger partial charge in [-0.15, -0.1) is 0 Å². The first-order valence-corrected chi connectivity index (χ1v) is 7.75. The number of aromatic nitrogens is 5. The number of imidazole rings is 1. The molecule has 23 heavy (non-hydrogen) atoms. The average Bonchev–Trinajstić information content (AvgIpc) is 3.04. The first kappa shape index (κ1) is 13.9. The highest BCUT2D eigenvalue weighted by Gasteiger charge is 2.24. The van der Waals surface area contributed by atoms with Gasteiger partial charge in [0, 0.05) is 37.6 Å². The molecule has 0 saturated heterocycles. The molecule has 0 aliphatic carbocycles. The van der Waals surface area contributed by atoms with Crippen molar-refractivity contribution in [1.29, 1.82) is 0 Å². The number of rotatable bonds is 2. The maximum absolute atomic E-state index is 12.7. The summed E-state index contributed by atoms with van der Waals surface area (Å²) in [5.74, 6) is 0.989. The topological polar surface area (TPSA) is 77.1 Å². The predicted octanol–water partition coefficient (Wildman–Crippen LogP) is 1.29. The summed E-state index contributed by atoms with van der Waals surface area (Å²) in [6, 6.07) is 1.90. The Kier molecular flexibility index (Phi) is 3.14. The molecule has 0 aromatic carbocycles. The van der Waals surface area contributed by atoms with Crippen LogP contribution in [0, 0.1) is 13.8 Å². The first-order valence-electron chi connectivity index (χ1n) is 7.75. The summed E-state index contributed by atoms with van der Waals surface area (Å²) in [5.41, 5.74) is 2.86. The average molecular weight is 310 g/mol. The summed E-state index contributed by atoms with van der Waals surface area (Å²) in [5, 5.41) is 7.47. The fraction of sp³-hybridized carbons (Fsp3) is 0.375. The molecular weight excluding hydrogens is 292 g/mol. The van der Waals surface area contributed by atoms with E-state index in [9.17, 15) is 4.79 Å². The van der Waals surface area contributed by atoms with Crippen molar-refractivity contribution in [2.75, 3.05) is 0 Å². The molecule has 3 aromatic heterocycles. The van der Waals surface area contributed by atoms with Crippen LogP contribution in [0.25, 0.3) is 5.65 Å². The van der Waals surface area contributed by atoms with Crippen LogP contribution in [0.5, 0.6) is 0 Å². The summed E-state index contributed by atoms with van der Waals surface area (Å²) < 4.78 is 3.77. The zero-order valence-corrected chi connectivity index (χ0v) is 13.2. The normalized spacial score (nSPS) is 17.2. The number of hydrogen-bond donors (Lipinski definition) is 1. The highest BCUT2D eigenvalue weighted by molar-refractivity contribution is 6.01. The zero-order valence-electron chi connectivity index (χ0n) is 13.2. The number of carbonyl (C=O) groups excluding carboxylic acids is 1. The molecule has 0 fully saturated rings. The summed E-state index contributed by atoms with van der Waals surface area (Å²) in [4.78, 5) is 21.5. The molecule has 1 atom stereocenters. The summed E-state index contributed by atoms with van der Waals surface area (Å²) >= 11 is 0. The van der Waals surface area contributed by atoms with Crippen LogP contribution in [0.2, 0.25) is 0 Å². The van der Waals surface area contributed by atoms with Crippen LogP contribution < -0.4 is 5.32 Å². The lowest BCUT2D eigenvalue weighted by molar-refractivity contribution is 0.0928. The van der Waals surface area contributed by atoms with Crippen LogP contribution in [0.15, 0.2) is 24.7 Å². The molecule has 1 aliphatic rings. The molecule has 7 heteroatoms. The minimum Gasteiger partial charge on any atom is -0.347 e. The third kappa shape index (κ3) is 2.38. The third-order valence-electron chi connectivity index (χ3n) is 4.25. The lowest BCUT2D eigenvalue weighted by Crippen LogP contribution is -2.41. The van der Waals surface area contributed by atoms with Gasteiger partial charge in [0.2, 0.25) is 0 Å². The van der Waals surface area contributed by atoms with Crippen LogP contribution in [-0.2, 0) is 13.0 Å². The van der Waals surface area contributed by atoms with Gasteiger partial charge in [0.05, 0.1) is 11.4 Å². The minimum atomic E-state index is -0.110. The Hall–Kier alpha value is -2.70. The van der Waals surface area contributed by atoms with Gasteiger partial charge in [0.25, 0.3) is 5.91 Å². The molecule has 1 amide bonds. The number of nitrogens with one attached hydrogen (secondary N) is 1. The molecule has 118 valence electrons. The van der Waals surface area contributed by atoms with Gasteiger partial charge in [-0.2, -0.15) is 5.10 Å². The third-order valence-corrected chi connectivity index (χ3v) is 4.25. The van der Waals surface area contributed by atoms with Crippen molar-refractivity contribution >= 4 is 11.6 Å². The Morgan fingerprint density at radius 3 is 3.13 bits per heavy atom. The van der Waals surface area contributed by atoms with Gasteiger partial charge in [0.1, 0.15) is 11.4 Å². The number of hydrogen-bond acceptors (Lipinski definition) is 4. The molecule has 0 radical (unpaired) electrons. The van der Waals surface area contributed by atoms with E-state index in [2.05, 4.69) is 25.0 Å². The van der Waals surface area contributed by atoms with Gasteiger partial charge in [-0.25, -0.2) is 14.5 Å². The van der Waals surface area contributed by atoms with E-state index in [0.717, 1.165) is 30.9 Å². The van der Waals surface area contributed by atoms with Crippen molar-refractivity contribution in [3.05, 3.63) is 47.4 Å². The molecule has 7 nitrogen and oxygen atoms in total. The molecule has 0 spiro atoms. The Morgan fingerprint density at radius 2 is 2.26 bits per heavy atom. The Balaban J connectivity index is 1.57. The van der Waals surface area contributed by atoms with Gasteiger partial charge in [-0.3, -0.25) is 4.79 Å². The van der Waals surface area contributed by atoms with Crippen LogP contribution in [0.1, 0.15) is 34.0 Å². The van der Waals surface area contributed by atoms with E-state index >= 15 is 0 Å². The van der Waals surface area contributed by atoms with Gasteiger partial charge < -0.3 is 9.88 Å². The quantitative estimate of drug-likeness (QED) is 0.773. The van der Waals surface area contributed by atoms with Gasteiger partial charge in [0.15, 0.2) is 5.65 Å². The highest BCUT2D eigenvalue weighted by Crippen LogP contribution is 2.17. The molecule has 1 aliphatic heterocycles. The van der Waals surface area contributed by atoms with E-state index in [1.807, 2.05) is 20.0 Å². The van der Waals surface area contributed by atoms with E-state index < -0.39 is 0 Å². The van der Waals surface area contributed by atoms with Crippen molar-refractivity contribution in [3.63, 3.8) is 0 Å². The fourth-order valence-corrected chi connectivity index (χ4v) is 3.22. The van der Waals surface area contributed by atoms with Crippen molar-refractivity contribution in [3.8, 4) is 0 Å². The second kappa shape index (κ2) is 5.19. The molecule has 4 rings (SSSR count). The van der Waals surface area contributed by atoms with Crippen molar-refractivity contribution in [2.45, 2.75) is 39.3 Å². The number of carbonyl (C=O) groups is 1. The monoisotopic (exact) mass is 310 g/mol. The van der Waals surface area contributed by atoms with Crippen LogP contribution >= 0.6 is 0 Å². The Labute approximate surface area is 133 Å². The minimum absolute atomic E-state index is 0.0988. The Bertz CT molecular complexity index is 893. The molecule has 1 N–H and O–H groups in total. The van der Waals surface area contributed by atoms with Crippen molar-refractivity contribution in [2.24, 2.45) is 0 Å². The fourth-order valence-electron chi connectivity index (χ4n) is 3.22. The summed E-state index contributed by atoms with van der Waals surface area (Å²) in [6.07, 6.45) is 7.29. The first-order chi connectivity index (χ1) is 11.1. The largest absolute Gasteiger partial charge is 0.347 e. The van der Waals surface area contributed by atoms with Crippen molar-refractivity contribution < 1.29 is 4.79 Å². The second-order valence-electron chi connectivity index (χ2n) is 6.01. The van der Waals surface area contributed by atoms with Gasteiger partial charge in [-0.05, 0) is 26.3 Å². The SMILES string of the molecule is Cc1cn2c(n1)CC[C@H](NC(=O)c1c(C)nn3cccnc13)C2. The second-order valence-corrected chi connectivity index (χ2v) is 6.01. The Morgan fingerprint density at radius 1 is 1.39 bits per heavy atom.